The van der Waals surface area contributed by atoms with Crippen LogP contribution in [0.4, 0.5) is 11.4 Å². The summed E-state index contributed by atoms with van der Waals surface area (Å²) >= 11 is 1.57. The molecule has 5 nitrogen and oxygen atoms in total. The molecule has 1 N–H and O–H groups in total. The summed E-state index contributed by atoms with van der Waals surface area (Å²) < 4.78 is 0. The molecule has 0 heterocycles. The van der Waals surface area contributed by atoms with Crippen molar-refractivity contribution in [3.8, 4) is 0 Å². The molecule has 2 rings (SSSR count). The topological polar surface area (TPSA) is 72.2 Å². The van der Waals surface area contributed by atoms with Gasteiger partial charge in [-0.3, -0.25) is 14.9 Å². The number of carbonyl (C=O) groups excluding carboxylic acids is 1. The lowest BCUT2D eigenvalue weighted by Crippen LogP contribution is -2.25. The minimum absolute atomic E-state index is 0.0270. The number of benzene rings is 2. The van der Waals surface area contributed by atoms with Crippen LogP contribution < -0.4 is 5.32 Å². The summed E-state index contributed by atoms with van der Waals surface area (Å²) in [7, 11) is 0. The summed E-state index contributed by atoms with van der Waals surface area (Å²) in [6.07, 6.45) is 0.692. The second-order valence-corrected chi connectivity index (χ2v) is 6.63. The van der Waals surface area contributed by atoms with Crippen LogP contribution in [0.5, 0.6) is 0 Å². The standard InChI is InChI=1S/C18H20N2O3S/c1-3-17(24-12-14-7-5-4-6-8-14)18(21)19-16-11-15(20(22)23)10-9-13(16)2/h4-11,17H,3,12H2,1-2H3,(H,19,21). The Labute approximate surface area is 145 Å². The van der Waals surface area contributed by atoms with Gasteiger partial charge in [0.05, 0.1) is 15.9 Å². The zero-order valence-electron chi connectivity index (χ0n) is 13.7. The number of rotatable bonds is 7. The molecule has 1 amide bonds. The molecule has 0 saturated carbocycles. The molecular weight excluding hydrogens is 324 g/mol. The molecule has 1 unspecified atom stereocenters. The Bertz CT molecular complexity index is 719. The van der Waals surface area contributed by atoms with Gasteiger partial charge in [-0.2, -0.15) is 0 Å². The van der Waals surface area contributed by atoms with Crippen molar-refractivity contribution in [2.24, 2.45) is 0 Å². The molecule has 0 spiro atoms. The molecule has 2 aromatic carbocycles. The molecule has 24 heavy (non-hydrogen) atoms. The second-order valence-electron chi connectivity index (χ2n) is 5.44. The summed E-state index contributed by atoms with van der Waals surface area (Å²) in [5.74, 6) is 0.628. The van der Waals surface area contributed by atoms with Crippen LogP contribution in [0.2, 0.25) is 0 Å². The predicted molar refractivity (Wildman–Crippen MR) is 98.3 cm³/mol. The lowest BCUT2D eigenvalue weighted by molar-refractivity contribution is -0.384. The molecular formula is C18H20N2O3S. The number of thioether (sulfide) groups is 1. The zero-order chi connectivity index (χ0) is 17.5. The Hall–Kier alpha value is -2.34. The van der Waals surface area contributed by atoms with E-state index in [1.54, 1.807) is 17.8 Å². The van der Waals surface area contributed by atoms with Crippen LogP contribution in [0, 0.1) is 17.0 Å². The van der Waals surface area contributed by atoms with Crippen molar-refractivity contribution in [2.75, 3.05) is 5.32 Å². The first-order valence-corrected chi connectivity index (χ1v) is 8.77. The van der Waals surface area contributed by atoms with E-state index in [4.69, 9.17) is 0 Å². The molecule has 0 saturated heterocycles. The second kappa shape index (κ2) is 8.49. The van der Waals surface area contributed by atoms with Crippen LogP contribution in [0.1, 0.15) is 24.5 Å². The number of nitrogens with zero attached hydrogens (tertiary/aromatic N) is 1. The van der Waals surface area contributed by atoms with Crippen LogP contribution in [0.25, 0.3) is 0 Å². The molecule has 0 aliphatic carbocycles. The molecule has 0 aliphatic heterocycles. The Morgan fingerprint density at radius 1 is 1.25 bits per heavy atom. The molecule has 0 fully saturated rings. The van der Waals surface area contributed by atoms with Crippen LogP contribution in [-0.2, 0) is 10.5 Å². The van der Waals surface area contributed by atoms with Crippen molar-refractivity contribution < 1.29 is 9.72 Å². The molecule has 6 heteroatoms. The average molecular weight is 344 g/mol. The summed E-state index contributed by atoms with van der Waals surface area (Å²) in [6.45, 7) is 3.78. The predicted octanol–water partition coefficient (Wildman–Crippen LogP) is 4.55. The SMILES string of the molecule is CCC(SCc1ccccc1)C(=O)Nc1cc([N+](=O)[O-])ccc1C. The van der Waals surface area contributed by atoms with Crippen molar-refractivity contribution >= 4 is 29.0 Å². The van der Waals surface area contributed by atoms with E-state index in [0.29, 0.717) is 12.1 Å². The van der Waals surface area contributed by atoms with Crippen LogP contribution in [0.3, 0.4) is 0 Å². The lowest BCUT2D eigenvalue weighted by atomic mass is 10.1. The van der Waals surface area contributed by atoms with Gasteiger partial charge in [-0.15, -0.1) is 11.8 Å². The zero-order valence-corrected chi connectivity index (χ0v) is 14.5. The van der Waals surface area contributed by atoms with E-state index in [9.17, 15) is 14.9 Å². The average Bonchev–Trinajstić information content (AvgIpc) is 2.58. The maximum atomic E-state index is 12.5. The lowest BCUT2D eigenvalue weighted by Gasteiger charge is -2.16. The quantitative estimate of drug-likeness (QED) is 0.590. The van der Waals surface area contributed by atoms with Gasteiger partial charge >= 0.3 is 0 Å². The number of carbonyl (C=O) groups is 1. The fraction of sp³-hybridized carbons (Fsp3) is 0.278. The molecule has 0 aliphatic rings. The number of hydrogen-bond donors (Lipinski definition) is 1. The maximum Gasteiger partial charge on any atom is 0.271 e. The molecule has 1 atom stereocenters. The highest BCUT2D eigenvalue weighted by Gasteiger charge is 2.19. The summed E-state index contributed by atoms with van der Waals surface area (Å²) in [5.41, 5.74) is 2.44. The number of aryl methyl sites for hydroxylation is 1. The van der Waals surface area contributed by atoms with Gasteiger partial charge in [-0.25, -0.2) is 0 Å². The summed E-state index contributed by atoms with van der Waals surface area (Å²) in [6, 6.07) is 14.5. The number of nitrogens with one attached hydrogen (secondary N) is 1. The summed E-state index contributed by atoms with van der Waals surface area (Å²) in [5, 5.41) is 13.5. The van der Waals surface area contributed by atoms with Crippen LogP contribution in [0.15, 0.2) is 48.5 Å². The van der Waals surface area contributed by atoms with Gasteiger partial charge in [0.25, 0.3) is 5.69 Å². The van der Waals surface area contributed by atoms with E-state index in [0.717, 1.165) is 11.3 Å². The van der Waals surface area contributed by atoms with E-state index < -0.39 is 4.92 Å². The molecule has 0 bridgehead atoms. The molecule has 0 radical (unpaired) electrons. The van der Waals surface area contributed by atoms with E-state index in [1.807, 2.05) is 44.2 Å². The summed E-state index contributed by atoms with van der Waals surface area (Å²) in [4.78, 5) is 22.9. The third-order valence-electron chi connectivity index (χ3n) is 3.65. The van der Waals surface area contributed by atoms with E-state index in [-0.39, 0.29) is 16.8 Å². The highest BCUT2D eigenvalue weighted by molar-refractivity contribution is 7.99. The first-order chi connectivity index (χ1) is 11.5. The van der Waals surface area contributed by atoms with E-state index >= 15 is 0 Å². The number of nitro groups is 1. The number of hydrogen-bond acceptors (Lipinski definition) is 4. The molecule has 126 valence electrons. The van der Waals surface area contributed by atoms with Crippen LogP contribution in [-0.4, -0.2) is 16.1 Å². The van der Waals surface area contributed by atoms with Gasteiger partial charge in [0.2, 0.25) is 5.91 Å². The Morgan fingerprint density at radius 2 is 1.96 bits per heavy atom. The number of anilines is 1. The van der Waals surface area contributed by atoms with Gasteiger partial charge in [0, 0.05) is 17.9 Å². The first-order valence-electron chi connectivity index (χ1n) is 7.72. The minimum Gasteiger partial charge on any atom is -0.325 e. The third kappa shape index (κ3) is 4.83. The third-order valence-corrected chi connectivity index (χ3v) is 5.10. The fourth-order valence-electron chi connectivity index (χ4n) is 2.22. The minimum atomic E-state index is -0.462. The van der Waals surface area contributed by atoms with E-state index in [1.165, 1.54) is 17.7 Å². The monoisotopic (exact) mass is 344 g/mol. The number of non-ortho nitro benzene ring substituents is 1. The Balaban J connectivity index is 2.04. The largest absolute Gasteiger partial charge is 0.325 e. The van der Waals surface area contributed by atoms with Gasteiger partial charge in [-0.1, -0.05) is 43.3 Å². The van der Waals surface area contributed by atoms with Gasteiger partial charge < -0.3 is 5.32 Å². The van der Waals surface area contributed by atoms with Crippen LogP contribution >= 0.6 is 11.8 Å². The highest BCUT2D eigenvalue weighted by Crippen LogP contribution is 2.25. The highest BCUT2D eigenvalue weighted by atomic mass is 32.2. The van der Waals surface area contributed by atoms with Gasteiger partial charge in [-0.05, 0) is 24.5 Å². The Kier molecular flexibility index (Phi) is 6.37. The fourth-order valence-corrected chi connectivity index (χ4v) is 3.25. The smallest absolute Gasteiger partial charge is 0.271 e. The number of nitro benzene ring substituents is 1. The van der Waals surface area contributed by atoms with Crippen molar-refractivity contribution in [1.29, 1.82) is 0 Å². The van der Waals surface area contributed by atoms with Crippen molar-refractivity contribution in [2.45, 2.75) is 31.3 Å². The Morgan fingerprint density at radius 3 is 2.58 bits per heavy atom. The van der Waals surface area contributed by atoms with Crippen molar-refractivity contribution in [1.82, 2.24) is 0 Å². The normalized spacial score (nSPS) is 11.8. The number of amides is 1. The van der Waals surface area contributed by atoms with Crippen molar-refractivity contribution in [3.63, 3.8) is 0 Å². The first kappa shape index (κ1) is 18.0. The van der Waals surface area contributed by atoms with E-state index in [2.05, 4.69) is 5.32 Å². The van der Waals surface area contributed by atoms with Gasteiger partial charge in [0.1, 0.15) is 0 Å². The molecule has 0 aromatic heterocycles. The van der Waals surface area contributed by atoms with Crippen molar-refractivity contribution in [3.05, 3.63) is 69.8 Å². The molecule has 2 aromatic rings. The maximum absolute atomic E-state index is 12.5. The van der Waals surface area contributed by atoms with Gasteiger partial charge in [0.15, 0.2) is 0 Å².